The lowest BCUT2D eigenvalue weighted by atomic mass is 10.2. The summed E-state index contributed by atoms with van der Waals surface area (Å²) in [7, 11) is 3.98. The van der Waals surface area contributed by atoms with E-state index in [4.69, 9.17) is 5.73 Å². The summed E-state index contributed by atoms with van der Waals surface area (Å²) in [5.41, 5.74) is 6.29. The topological polar surface area (TPSA) is 76.2 Å². The number of nitrogens with zero attached hydrogens (tertiary/aromatic N) is 3. The van der Waals surface area contributed by atoms with E-state index in [-0.39, 0.29) is 5.91 Å². The van der Waals surface area contributed by atoms with Gasteiger partial charge in [-0.05, 0) is 20.5 Å². The van der Waals surface area contributed by atoms with Crippen molar-refractivity contribution in [3.8, 4) is 0 Å². The molecule has 0 radical (unpaired) electrons. The van der Waals surface area contributed by atoms with Gasteiger partial charge in [0.2, 0.25) is 5.91 Å². The lowest BCUT2D eigenvalue weighted by molar-refractivity contribution is -0.120. The number of primary amides is 1. The fourth-order valence-corrected chi connectivity index (χ4v) is 1.78. The number of nitrogens with one attached hydrogen (secondary N) is 1. The normalized spacial score (nSPS) is 12.9. The number of imidazole rings is 1. The molecule has 1 atom stereocenters. The molecule has 1 unspecified atom stereocenters. The molecule has 0 aliphatic carbocycles. The first-order chi connectivity index (χ1) is 8.56. The zero-order valence-corrected chi connectivity index (χ0v) is 11.4. The van der Waals surface area contributed by atoms with Crippen molar-refractivity contribution in [1.82, 2.24) is 19.8 Å². The van der Waals surface area contributed by atoms with Crippen molar-refractivity contribution in [3.05, 3.63) is 18.2 Å². The largest absolute Gasteiger partial charge is 0.368 e. The monoisotopic (exact) mass is 253 g/mol. The Labute approximate surface area is 108 Å². The molecule has 1 amide bonds. The van der Waals surface area contributed by atoms with Crippen molar-refractivity contribution in [2.45, 2.75) is 25.9 Å². The zero-order valence-electron chi connectivity index (χ0n) is 11.4. The molecule has 0 saturated heterocycles. The third-order valence-corrected chi connectivity index (χ3v) is 2.70. The summed E-state index contributed by atoms with van der Waals surface area (Å²) in [6, 6.07) is -0.473. The summed E-state index contributed by atoms with van der Waals surface area (Å²) >= 11 is 0. The van der Waals surface area contributed by atoms with Gasteiger partial charge >= 0.3 is 0 Å². The molecule has 0 aromatic carbocycles. The van der Waals surface area contributed by atoms with Crippen LogP contribution in [0.1, 0.15) is 25.1 Å². The number of nitrogens with two attached hydrogens (primary N) is 1. The Hall–Kier alpha value is -1.40. The quantitative estimate of drug-likeness (QED) is 0.682. The van der Waals surface area contributed by atoms with Crippen LogP contribution in [0.2, 0.25) is 0 Å². The van der Waals surface area contributed by atoms with Gasteiger partial charge in [-0.2, -0.15) is 0 Å². The predicted molar refractivity (Wildman–Crippen MR) is 71.0 cm³/mol. The molecule has 6 nitrogen and oxygen atoms in total. The molecular formula is C12H23N5O. The first-order valence-electron chi connectivity index (χ1n) is 6.23. The van der Waals surface area contributed by atoms with Gasteiger partial charge in [-0.3, -0.25) is 10.1 Å². The van der Waals surface area contributed by atoms with E-state index in [1.165, 1.54) is 0 Å². The van der Waals surface area contributed by atoms with Crippen LogP contribution in [0.4, 0.5) is 0 Å². The molecule has 6 heteroatoms. The molecule has 1 rings (SSSR count). The maximum Gasteiger partial charge on any atom is 0.240 e. The molecule has 0 fully saturated rings. The second-order valence-corrected chi connectivity index (χ2v) is 4.60. The van der Waals surface area contributed by atoms with Crippen LogP contribution in [0.3, 0.4) is 0 Å². The highest BCUT2D eigenvalue weighted by Crippen LogP contribution is 2.12. The Bertz CT molecular complexity index is 374. The molecule has 0 saturated carbocycles. The average Bonchev–Trinajstić information content (AvgIpc) is 2.72. The molecule has 1 heterocycles. The van der Waals surface area contributed by atoms with Crippen molar-refractivity contribution < 1.29 is 4.79 Å². The minimum absolute atomic E-state index is 0.369. The molecule has 1 aromatic rings. The molecule has 0 aliphatic heterocycles. The highest BCUT2D eigenvalue weighted by Gasteiger charge is 2.20. The van der Waals surface area contributed by atoms with Gasteiger partial charge in [0.05, 0.1) is 18.2 Å². The first-order valence-corrected chi connectivity index (χ1v) is 6.23. The number of likely N-dealkylation sites (N-methyl/N-ethyl adjacent to an activating group) is 1. The van der Waals surface area contributed by atoms with Gasteiger partial charge in [0.15, 0.2) is 0 Å². The fourth-order valence-electron chi connectivity index (χ4n) is 1.78. The smallest absolute Gasteiger partial charge is 0.240 e. The van der Waals surface area contributed by atoms with Crippen molar-refractivity contribution in [2.24, 2.45) is 5.73 Å². The lowest BCUT2D eigenvalue weighted by Crippen LogP contribution is -2.38. The van der Waals surface area contributed by atoms with E-state index < -0.39 is 6.04 Å². The maximum absolute atomic E-state index is 11.5. The van der Waals surface area contributed by atoms with Crippen LogP contribution in [0.25, 0.3) is 0 Å². The summed E-state index contributed by atoms with van der Waals surface area (Å²) in [6.45, 7) is 4.49. The first kappa shape index (κ1) is 14.7. The molecule has 3 N–H and O–H groups in total. The van der Waals surface area contributed by atoms with E-state index in [0.717, 1.165) is 25.2 Å². The van der Waals surface area contributed by atoms with Gasteiger partial charge in [-0.15, -0.1) is 0 Å². The standard InChI is InChI=1S/C12H23N5O/c1-4-6-17-9-14-8-10(17)11(12(13)18)15-5-7-16(2)3/h8-9,11,15H,4-7H2,1-3H3,(H2,13,18). The van der Waals surface area contributed by atoms with Gasteiger partial charge in [0.25, 0.3) is 0 Å². The van der Waals surface area contributed by atoms with Gasteiger partial charge < -0.3 is 15.2 Å². The minimum Gasteiger partial charge on any atom is -0.368 e. The molecular weight excluding hydrogens is 230 g/mol. The van der Waals surface area contributed by atoms with Crippen LogP contribution >= 0.6 is 0 Å². The van der Waals surface area contributed by atoms with Gasteiger partial charge in [0, 0.05) is 19.6 Å². The lowest BCUT2D eigenvalue weighted by Gasteiger charge is -2.18. The third kappa shape index (κ3) is 4.12. The second-order valence-electron chi connectivity index (χ2n) is 4.60. The van der Waals surface area contributed by atoms with Gasteiger partial charge in [-0.25, -0.2) is 4.98 Å². The van der Waals surface area contributed by atoms with E-state index in [2.05, 4.69) is 17.2 Å². The van der Waals surface area contributed by atoms with E-state index in [9.17, 15) is 4.79 Å². The number of amides is 1. The Morgan fingerprint density at radius 3 is 2.89 bits per heavy atom. The molecule has 0 bridgehead atoms. The molecule has 102 valence electrons. The number of carbonyl (C=O) groups is 1. The van der Waals surface area contributed by atoms with Crippen LogP contribution in [-0.4, -0.2) is 47.5 Å². The van der Waals surface area contributed by atoms with E-state index in [1.807, 2.05) is 23.6 Å². The Morgan fingerprint density at radius 2 is 2.33 bits per heavy atom. The average molecular weight is 253 g/mol. The highest BCUT2D eigenvalue weighted by molar-refractivity contribution is 5.80. The zero-order chi connectivity index (χ0) is 13.5. The number of hydrogen-bond acceptors (Lipinski definition) is 4. The summed E-state index contributed by atoms with van der Waals surface area (Å²) in [5, 5.41) is 3.17. The summed E-state index contributed by atoms with van der Waals surface area (Å²) < 4.78 is 1.97. The summed E-state index contributed by atoms with van der Waals surface area (Å²) in [5.74, 6) is -0.369. The number of hydrogen-bond donors (Lipinski definition) is 2. The van der Waals surface area contributed by atoms with Crippen molar-refractivity contribution >= 4 is 5.91 Å². The van der Waals surface area contributed by atoms with Crippen LogP contribution in [0.15, 0.2) is 12.5 Å². The SMILES string of the molecule is CCCn1cncc1C(NCCN(C)C)C(N)=O. The minimum atomic E-state index is -0.473. The summed E-state index contributed by atoms with van der Waals surface area (Å²) in [4.78, 5) is 17.7. The number of carbonyl (C=O) groups excluding carboxylic acids is 1. The van der Waals surface area contributed by atoms with Gasteiger partial charge in [-0.1, -0.05) is 6.92 Å². The van der Waals surface area contributed by atoms with Crippen LogP contribution in [0.5, 0.6) is 0 Å². The number of aryl methyl sites for hydroxylation is 1. The highest BCUT2D eigenvalue weighted by atomic mass is 16.1. The van der Waals surface area contributed by atoms with E-state index in [1.54, 1.807) is 12.5 Å². The Balaban J connectivity index is 2.71. The van der Waals surface area contributed by atoms with Crippen LogP contribution in [-0.2, 0) is 11.3 Å². The van der Waals surface area contributed by atoms with E-state index in [0.29, 0.717) is 6.54 Å². The summed E-state index contributed by atoms with van der Waals surface area (Å²) in [6.07, 6.45) is 4.43. The van der Waals surface area contributed by atoms with Crippen LogP contribution in [0, 0.1) is 0 Å². The van der Waals surface area contributed by atoms with Crippen molar-refractivity contribution in [3.63, 3.8) is 0 Å². The molecule has 0 aliphatic rings. The molecule has 18 heavy (non-hydrogen) atoms. The molecule has 0 spiro atoms. The van der Waals surface area contributed by atoms with E-state index >= 15 is 0 Å². The molecule has 1 aromatic heterocycles. The Morgan fingerprint density at radius 1 is 1.61 bits per heavy atom. The fraction of sp³-hybridized carbons (Fsp3) is 0.667. The predicted octanol–water partition coefficient (Wildman–Crippen LogP) is -0.0293. The van der Waals surface area contributed by atoms with Crippen LogP contribution < -0.4 is 11.1 Å². The Kier molecular flexibility index (Phi) is 5.80. The number of rotatable bonds is 8. The van der Waals surface area contributed by atoms with Crippen molar-refractivity contribution in [2.75, 3.05) is 27.2 Å². The third-order valence-electron chi connectivity index (χ3n) is 2.70. The second kappa shape index (κ2) is 7.13. The maximum atomic E-state index is 11.5. The number of aromatic nitrogens is 2. The van der Waals surface area contributed by atoms with Gasteiger partial charge in [0.1, 0.15) is 6.04 Å². The van der Waals surface area contributed by atoms with Crippen molar-refractivity contribution in [1.29, 1.82) is 0 Å².